The highest BCUT2D eigenvalue weighted by Crippen LogP contribution is 1.99. The topological polar surface area (TPSA) is 45.7 Å². The lowest BCUT2D eigenvalue weighted by Crippen LogP contribution is -2.44. The van der Waals surface area contributed by atoms with Crippen molar-refractivity contribution in [2.45, 2.75) is 53.5 Å². The molecule has 0 aromatic rings. The van der Waals surface area contributed by atoms with E-state index in [9.17, 15) is 0 Å². The summed E-state index contributed by atoms with van der Waals surface area (Å²) < 4.78 is 5.30. The summed E-state index contributed by atoms with van der Waals surface area (Å²) >= 11 is 0. The van der Waals surface area contributed by atoms with Crippen LogP contribution in [0.4, 0.5) is 0 Å². The van der Waals surface area contributed by atoms with Crippen molar-refractivity contribution in [1.29, 1.82) is 0 Å². The lowest BCUT2D eigenvalue weighted by Gasteiger charge is -2.20. The summed E-state index contributed by atoms with van der Waals surface area (Å²) in [5, 5.41) is 6.71. The molecule has 18 heavy (non-hydrogen) atoms. The highest BCUT2D eigenvalue weighted by molar-refractivity contribution is 5.80. The maximum Gasteiger partial charge on any atom is 0.191 e. The minimum Gasteiger partial charge on any atom is -0.382 e. The second kappa shape index (κ2) is 11.3. The van der Waals surface area contributed by atoms with Crippen LogP contribution in [0, 0.1) is 5.92 Å². The van der Waals surface area contributed by atoms with Gasteiger partial charge in [-0.1, -0.05) is 13.8 Å². The summed E-state index contributed by atoms with van der Waals surface area (Å²) in [4.78, 5) is 4.57. The Morgan fingerprint density at radius 1 is 1.17 bits per heavy atom. The molecule has 0 aliphatic rings. The molecule has 2 N–H and O–H groups in total. The smallest absolute Gasteiger partial charge is 0.191 e. The molecule has 0 radical (unpaired) electrons. The van der Waals surface area contributed by atoms with E-state index in [1.54, 1.807) is 0 Å². The normalized spacial score (nSPS) is 13.8. The number of aliphatic imine (C=N–C) groups is 1. The highest BCUT2D eigenvalue weighted by Gasteiger charge is 2.08. The SMILES string of the molecule is CCNC(=NCCCCOCC)NC(C)C(C)C. The molecule has 1 unspecified atom stereocenters. The molecule has 0 aromatic carbocycles. The van der Waals surface area contributed by atoms with Crippen molar-refractivity contribution in [3.05, 3.63) is 0 Å². The van der Waals surface area contributed by atoms with Gasteiger partial charge in [0, 0.05) is 32.3 Å². The molecule has 0 bridgehead atoms. The Bertz CT molecular complexity index is 217. The van der Waals surface area contributed by atoms with Crippen molar-refractivity contribution in [2.24, 2.45) is 10.9 Å². The third-order valence-electron chi connectivity index (χ3n) is 2.88. The van der Waals surface area contributed by atoms with Gasteiger partial charge in [-0.05, 0) is 39.5 Å². The summed E-state index contributed by atoms with van der Waals surface area (Å²) in [5.41, 5.74) is 0. The van der Waals surface area contributed by atoms with E-state index >= 15 is 0 Å². The largest absolute Gasteiger partial charge is 0.382 e. The lowest BCUT2D eigenvalue weighted by molar-refractivity contribution is 0.144. The molecule has 0 rings (SSSR count). The van der Waals surface area contributed by atoms with Gasteiger partial charge in [0.1, 0.15) is 0 Å². The first kappa shape index (κ1) is 17.2. The third-order valence-corrected chi connectivity index (χ3v) is 2.88. The van der Waals surface area contributed by atoms with Gasteiger partial charge >= 0.3 is 0 Å². The maximum atomic E-state index is 5.30. The van der Waals surface area contributed by atoms with Crippen LogP contribution >= 0.6 is 0 Å². The molecule has 0 aromatic heterocycles. The van der Waals surface area contributed by atoms with Crippen molar-refractivity contribution in [3.63, 3.8) is 0 Å². The predicted molar refractivity (Wildman–Crippen MR) is 79.1 cm³/mol. The van der Waals surface area contributed by atoms with E-state index in [0.717, 1.165) is 45.1 Å². The quantitative estimate of drug-likeness (QED) is 0.379. The van der Waals surface area contributed by atoms with Crippen LogP contribution in [0.5, 0.6) is 0 Å². The van der Waals surface area contributed by atoms with Crippen molar-refractivity contribution in [3.8, 4) is 0 Å². The molecule has 0 saturated heterocycles. The van der Waals surface area contributed by atoms with Gasteiger partial charge in [-0.25, -0.2) is 0 Å². The fourth-order valence-electron chi connectivity index (χ4n) is 1.35. The van der Waals surface area contributed by atoms with Crippen LogP contribution in [0.1, 0.15) is 47.5 Å². The summed E-state index contributed by atoms with van der Waals surface area (Å²) in [7, 11) is 0. The summed E-state index contributed by atoms with van der Waals surface area (Å²) in [6.07, 6.45) is 2.16. The zero-order chi connectivity index (χ0) is 13.8. The molecule has 0 heterocycles. The summed E-state index contributed by atoms with van der Waals surface area (Å²) in [6.45, 7) is 14.1. The Morgan fingerprint density at radius 2 is 1.89 bits per heavy atom. The number of guanidine groups is 1. The van der Waals surface area contributed by atoms with E-state index in [1.165, 1.54) is 0 Å². The first-order valence-electron chi connectivity index (χ1n) is 7.24. The predicted octanol–water partition coefficient (Wildman–Crippen LogP) is 2.40. The van der Waals surface area contributed by atoms with Crippen molar-refractivity contribution >= 4 is 5.96 Å². The van der Waals surface area contributed by atoms with Gasteiger partial charge < -0.3 is 15.4 Å². The Labute approximate surface area is 113 Å². The Kier molecular flexibility index (Phi) is 10.8. The first-order valence-corrected chi connectivity index (χ1v) is 7.24. The number of ether oxygens (including phenoxy) is 1. The molecule has 0 amide bonds. The first-order chi connectivity index (χ1) is 8.61. The minimum absolute atomic E-state index is 0.436. The molecular formula is C14H31N3O. The number of rotatable bonds is 9. The fraction of sp³-hybridized carbons (Fsp3) is 0.929. The van der Waals surface area contributed by atoms with Crippen molar-refractivity contribution in [2.75, 3.05) is 26.3 Å². The average Bonchev–Trinajstić information content (AvgIpc) is 2.33. The molecular weight excluding hydrogens is 226 g/mol. The van der Waals surface area contributed by atoms with Crippen molar-refractivity contribution < 1.29 is 4.74 Å². The second-order valence-corrected chi connectivity index (χ2v) is 4.84. The van der Waals surface area contributed by atoms with Gasteiger partial charge in [-0.2, -0.15) is 0 Å². The van der Waals surface area contributed by atoms with Gasteiger partial charge in [0.15, 0.2) is 5.96 Å². The monoisotopic (exact) mass is 257 g/mol. The molecule has 0 aliphatic heterocycles. The molecule has 0 fully saturated rings. The Hall–Kier alpha value is -0.770. The Morgan fingerprint density at radius 3 is 2.44 bits per heavy atom. The zero-order valence-electron chi connectivity index (χ0n) is 12.8. The molecule has 4 nitrogen and oxygen atoms in total. The van der Waals surface area contributed by atoms with Gasteiger partial charge in [0.2, 0.25) is 0 Å². The zero-order valence-corrected chi connectivity index (χ0v) is 12.8. The standard InChI is InChI=1S/C14H31N3O/c1-6-15-14(17-13(5)12(3)4)16-10-8-9-11-18-7-2/h12-13H,6-11H2,1-5H3,(H2,15,16,17). The van der Waals surface area contributed by atoms with Crippen LogP contribution in [0.2, 0.25) is 0 Å². The van der Waals surface area contributed by atoms with Crippen LogP contribution in [0.25, 0.3) is 0 Å². The average molecular weight is 257 g/mol. The van der Waals surface area contributed by atoms with Crippen LogP contribution in [0.15, 0.2) is 4.99 Å². The molecule has 1 atom stereocenters. The molecule has 4 heteroatoms. The Balaban J connectivity index is 3.92. The van der Waals surface area contributed by atoms with Gasteiger partial charge in [-0.15, -0.1) is 0 Å². The van der Waals surface area contributed by atoms with Gasteiger partial charge in [0.25, 0.3) is 0 Å². The number of unbranched alkanes of at least 4 members (excludes halogenated alkanes) is 1. The van der Waals surface area contributed by atoms with Crippen molar-refractivity contribution in [1.82, 2.24) is 10.6 Å². The van der Waals surface area contributed by atoms with E-state index in [-0.39, 0.29) is 0 Å². The minimum atomic E-state index is 0.436. The third kappa shape index (κ3) is 9.28. The number of nitrogens with zero attached hydrogens (tertiary/aromatic N) is 1. The van der Waals surface area contributed by atoms with Gasteiger partial charge in [0.05, 0.1) is 0 Å². The van der Waals surface area contributed by atoms with E-state index in [4.69, 9.17) is 4.74 Å². The van der Waals surface area contributed by atoms with E-state index in [2.05, 4.69) is 43.3 Å². The van der Waals surface area contributed by atoms with Crippen LogP contribution in [-0.2, 0) is 4.74 Å². The molecule has 0 aliphatic carbocycles. The number of hydrogen-bond donors (Lipinski definition) is 2. The molecule has 108 valence electrons. The second-order valence-electron chi connectivity index (χ2n) is 4.84. The number of nitrogens with one attached hydrogen (secondary N) is 2. The molecule has 0 spiro atoms. The van der Waals surface area contributed by atoms with Crippen LogP contribution in [0.3, 0.4) is 0 Å². The van der Waals surface area contributed by atoms with E-state index < -0.39 is 0 Å². The van der Waals surface area contributed by atoms with E-state index in [1.807, 2.05) is 6.92 Å². The van der Waals surface area contributed by atoms with Gasteiger partial charge in [-0.3, -0.25) is 4.99 Å². The number of hydrogen-bond acceptors (Lipinski definition) is 2. The summed E-state index contributed by atoms with van der Waals surface area (Å²) in [6, 6.07) is 0.436. The highest BCUT2D eigenvalue weighted by atomic mass is 16.5. The summed E-state index contributed by atoms with van der Waals surface area (Å²) in [5.74, 6) is 1.53. The van der Waals surface area contributed by atoms with E-state index in [0.29, 0.717) is 12.0 Å². The molecule has 0 saturated carbocycles. The fourth-order valence-corrected chi connectivity index (χ4v) is 1.35. The maximum absolute atomic E-state index is 5.30. The van der Waals surface area contributed by atoms with Crippen LogP contribution in [-0.4, -0.2) is 38.3 Å². The lowest BCUT2D eigenvalue weighted by atomic mass is 10.1. The van der Waals surface area contributed by atoms with Crippen LogP contribution < -0.4 is 10.6 Å².